The van der Waals surface area contributed by atoms with Crippen LogP contribution in [0.2, 0.25) is 0 Å². The molecule has 2 heterocycles. The van der Waals surface area contributed by atoms with Gasteiger partial charge in [0, 0.05) is 35.7 Å². The van der Waals surface area contributed by atoms with E-state index in [-0.39, 0.29) is 17.7 Å². The number of aromatic nitrogens is 2. The number of aryl methyl sites for hydroxylation is 2. The Bertz CT molecular complexity index is 1190. The molecule has 174 valence electrons. The maximum Gasteiger partial charge on any atom is 0.261 e. The monoisotopic (exact) mass is 457 g/mol. The van der Waals surface area contributed by atoms with Gasteiger partial charge in [-0.05, 0) is 63.1 Å². The average Bonchev–Trinajstić information content (AvgIpc) is 3.03. The standard InChI is InChI=1S/C26H27N5O3/c1-17-15-18(2)28-26(27-17)30-20-10-8-9-19(16-20)29-23(32)13-4-3-7-14-31-24(33)21-11-5-6-12-22(21)25(31)34/h5-6,8-12,15-16H,3-4,7,13-14H2,1-2H3,(H,29,32)(H,27,28,30). The fraction of sp³-hybridized carbons (Fsp3) is 0.269. The summed E-state index contributed by atoms with van der Waals surface area (Å²) in [5.74, 6) is -0.0457. The molecule has 4 rings (SSSR count). The van der Waals surface area contributed by atoms with E-state index in [4.69, 9.17) is 0 Å². The molecule has 0 radical (unpaired) electrons. The van der Waals surface area contributed by atoms with E-state index in [0.29, 0.717) is 48.6 Å². The third-order valence-electron chi connectivity index (χ3n) is 5.55. The molecule has 0 spiro atoms. The van der Waals surface area contributed by atoms with Gasteiger partial charge in [0.05, 0.1) is 11.1 Å². The maximum absolute atomic E-state index is 12.4. The molecule has 0 fully saturated rings. The Kier molecular flexibility index (Phi) is 6.96. The number of hydrogen-bond acceptors (Lipinski definition) is 6. The first-order valence-electron chi connectivity index (χ1n) is 11.3. The Labute approximate surface area is 198 Å². The van der Waals surface area contributed by atoms with Gasteiger partial charge in [-0.25, -0.2) is 9.97 Å². The number of imide groups is 1. The van der Waals surface area contributed by atoms with E-state index >= 15 is 0 Å². The van der Waals surface area contributed by atoms with Crippen LogP contribution in [0.4, 0.5) is 17.3 Å². The highest BCUT2D eigenvalue weighted by molar-refractivity contribution is 6.21. The van der Waals surface area contributed by atoms with Crippen molar-refractivity contribution < 1.29 is 14.4 Å². The van der Waals surface area contributed by atoms with Gasteiger partial charge in [0.15, 0.2) is 0 Å². The molecular weight excluding hydrogens is 430 g/mol. The van der Waals surface area contributed by atoms with Gasteiger partial charge < -0.3 is 10.6 Å². The minimum Gasteiger partial charge on any atom is -0.326 e. The van der Waals surface area contributed by atoms with Crippen LogP contribution in [0, 0.1) is 13.8 Å². The summed E-state index contributed by atoms with van der Waals surface area (Å²) in [6.07, 6.45) is 2.43. The lowest BCUT2D eigenvalue weighted by Gasteiger charge is -2.13. The number of hydrogen-bond donors (Lipinski definition) is 2. The molecule has 8 nitrogen and oxygen atoms in total. The summed E-state index contributed by atoms with van der Waals surface area (Å²) >= 11 is 0. The number of fused-ring (bicyclic) bond motifs is 1. The zero-order valence-electron chi connectivity index (χ0n) is 19.3. The second kappa shape index (κ2) is 10.2. The smallest absolute Gasteiger partial charge is 0.261 e. The van der Waals surface area contributed by atoms with Gasteiger partial charge in [-0.1, -0.05) is 24.6 Å². The summed E-state index contributed by atoms with van der Waals surface area (Å²) in [6, 6.07) is 16.2. The van der Waals surface area contributed by atoms with Crippen LogP contribution in [-0.4, -0.2) is 39.1 Å². The number of carbonyl (C=O) groups is 3. The average molecular weight is 458 g/mol. The van der Waals surface area contributed by atoms with Crippen LogP contribution in [0.3, 0.4) is 0 Å². The molecule has 0 atom stereocenters. The van der Waals surface area contributed by atoms with Crippen molar-refractivity contribution in [2.24, 2.45) is 0 Å². The van der Waals surface area contributed by atoms with Crippen molar-refractivity contribution in [1.29, 1.82) is 0 Å². The molecule has 3 amide bonds. The Morgan fingerprint density at radius 1 is 0.824 bits per heavy atom. The number of carbonyl (C=O) groups excluding carboxylic acids is 3. The molecule has 3 aromatic rings. The van der Waals surface area contributed by atoms with Gasteiger partial charge in [-0.2, -0.15) is 0 Å². The quantitative estimate of drug-likeness (QED) is 0.359. The highest BCUT2D eigenvalue weighted by Gasteiger charge is 2.34. The van der Waals surface area contributed by atoms with Crippen LogP contribution in [0.1, 0.15) is 57.8 Å². The number of amides is 3. The highest BCUT2D eigenvalue weighted by Crippen LogP contribution is 2.23. The van der Waals surface area contributed by atoms with Crippen LogP contribution in [0.15, 0.2) is 54.6 Å². The zero-order chi connectivity index (χ0) is 24.1. The predicted molar refractivity (Wildman–Crippen MR) is 130 cm³/mol. The number of nitrogens with one attached hydrogen (secondary N) is 2. The molecule has 2 aromatic carbocycles. The molecule has 34 heavy (non-hydrogen) atoms. The largest absolute Gasteiger partial charge is 0.326 e. The number of unbranched alkanes of at least 4 members (excludes halogenated alkanes) is 2. The van der Waals surface area contributed by atoms with E-state index in [1.54, 1.807) is 24.3 Å². The highest BCUT2D eigenvalue weighted by atomic mass is 16.2. The lowest BCUT2D eigenvalue weighted by molar-refractivity contribution is -0.116. The van der Waals surface area contributed by atoms with Crippen LogP contribution in [0.25, 0.3) is 0 Å². The summed E-state index contributed by atoms with van der Waals surface area (Å²) in [6.45, 7) is 4.19. The van der Waals surface area contributed by atoms with Crippen molar-refractivity contribution >= 4 is 35.0 Å². The van der Waals surface area contributed by atoms with Gasteiger partial charge in [-0.15, -0.1) is 0 Å². The van der Waals surface area contributed by atoms with E-state index < -0.39 is 0 Å². The normalized spacial score (nSPS) is 12.6. The first-order valence-corrected chi connectivity index (χ1v) is 11.3. The van der Waals surface area contributed by atoms with Crippen molar-refractivity contribution in [1.82, 2.24) is 14.9 Å². The molecular formula is C26H27N5O3. The molecule has 8 heteroatoms. The van der Waals surface area contributed by atoms with Crippen molar-refractivity contribution in [2.75, 3.05) is 17.2 Å². The fourth-order valence-corrected chi connectivity index (χ4v) is 3.98. The van der Waals surface area contributed by atoms with E-state index in [1.165, 1.54) is 4.90 Å². The zero-order valence-corrected chi connectivity index (χ0v) is 19.3. The summed E-state index contributed by atoms with van der Waals surface area (Å²) in [7, 11) is 0. The Hall–Kier alpha value is -4.07. The summed E-state index contributed by atoms with van der Waals surface area (Å²) in [5, 5.41) is 6.08. The fourth-order valence-electron chi connectivity index (χ4n) is 3.98. The predicted octanol–water partition coefficient (Wildman–Crippen LogP) is 4.63. The molecule has 1 aliphatic rings. The van der Waals surface area contributed by atoms with Gasteiger partial charge in [0.1, 0.15) is 0 Å². The number of anilines is 3. The maximum atomic E-state index is 12.4. The van der Waals surface area contributed by atoms with Crippen LogP contribution in [0.5, 0.6) is 0 Å². The van der Waals surface area contributed by atoms with Crippen molar-refractivity contribution in [2.45, 2.75) is 39.5 Å². The van der Waals surface area contributed by atoms with Gasteiger partial charge in [0.25, 0.3) is 11.8 Å². The van der Waals surface area contributed by atoms with E-state index in [1.807, 2.05) is 44.2 Å². The minimum atomic E-state index is -0.238. The van der Waals surface area contributed by atoms with E-state index in [0.717, 1.165) is 23.5 Å². The van der Waals surface area contributed by atoms with Crippen LogP contribution in [-0.2, 0) is 4.79 Å². The van der Waals surface area contributed by atoms with Crippen molar-refractivity contribution in [3.63, 3.8) is 0 Å². The lowest BCUT2D eigenvalue weighted by atomic mass is 10.1. The summed E-state index contributed by atoms with van der Waals surface area (Å²) in [4.78, 5) is 47.2. The molecule has 0 saturated carbocycles. The molecule has 0 unspecified atom stereocenters. The Morgan fingerprint density at radius 3 is 2.15 bits per heavy atom. The third kappa shape index (κ3) is 5.46. The molecule has 0 bridgehead atoms. The molecule has 2 N–H and O–H groups in total. The number of nitrogens with zero attached hydrogens (tertiary/aromatic N) is 3. The summed E-state index contributed by atoms with van der Waals surface area (Å²) in [5.41, 5.74) is 4.15. The first kappa shape index (κ1) is 23.1. The van der Waals surface area contributed by atoms with Gasteiger partial charge in [0.2, 0.25) is 11.9 Å². The molecule has 0 aliphatic carbocycles. The molecule has 0 saturated heterocycles. The Morgan fingerprint density at radius 2 is 1.47 bits per heavy atom. The summed E-state index contributed by atoms with van der Waals surface area (Å²) < 4.78 is 0. The SMILES string of the molecule is Cc1cc(C)nc(Nc2cccc(NC(=O)CCCCCN3C(=O)c4ccccc4C3=O)c2)n1. The van der Waals surface area contributed by atoms with Crippen molar-refractivity contribution in [3.8, 4) is 0 Å². The molecule has 1 aromatic heterocycles. The lowest BCUT2D eigenvalue weighted by Crippen LogP contribution is -2.30. The third-order valence-corrected chi connectivity index (χ3v) is 5.55. The van der Waals surface area contributed by atoms with Crippen molar-refractivity contribution in [3.05, 3.63) is 77.1 Å². The molecule has 1 aliphatic heterocycles. The Balaban J connectivity index is 1.21. The second-order valence-electron chi connectivity index (χ2n) is 8.35. The van der Waals surface area contributed by atoms with Crippen LogP contribution < -0.4 is 10.6 Å². The second-order valence-corrected chi connectivity index (χ2v) is 8.35. The van der Waals surface area contributed by atoms with E-state index in [9.17, 15) is 14.4 Å². The van der Waals surface area contributed by atoms with E-state index in [2.05, 4.69) is 20.6 Å². The number of benzene rings is 2. The number of rotatable bonds is 9. The van der Waals surface area contributed by atoms with Gasteiger partial charge in [-0.3, -0.25) is 19.3 Å². The van der Waals surface area contributed by atoms with Crippen LogP contribution >= 0.6 is 0 Å². The topological polar surface area (TPSA) is 104 Å². The minimum absolute atomic E-state index is 0.0828. The first-order chi connectivity index (χ1) is 16.4. The van der Waals surface area contributed by atoms with Gasteiger partial charge >= 0.3 is 0 Å².